The smallest absolute Gasteiger partial charge is 0.0963 e. The number of aryl methyl sites for hydroxylation is 1. The summed E-state index contributed by atoms with van der Waals surface area (Å²) in [5.41, 5.74) is 9.46. The van der Waals surface area contributed by atoms with E-state index in [1.807, 2.05) is 13.0 Å². The molecule has 0 saturated carbocycles. The highest BCUT2D eigenvalue weighted by Crippen LogP contribution is 2.30. The van der Waals surface area contributed by atoms with Crippen LogP contribution < -0.4 is 5.73 Å². The van der Waals surface area contributed by atoms with Gasteiger partial charge in [-0.1, -0.05) is 6.42 Å². The zero-order chi connectivity index (χ0) is 10.1. The van der Waals surface area contributed by atoms with E-state index in [-0.39, 0.29) is 0 Å². The molecule has 0 spiro atoms. The Kier molecular flexibility index (Phi) is 2.42. The van der Waals surface area contributed by atoms with Gasteiger partial charge in [0.2, 0.25) is 0 Å². The number of anilines is 1. The van der Waals surface area contributed by atoms with Gasteiger partial charge in [0.25, 0.3) is 0 Å². The van der Waals surface area contributed by atoms with E-state index in [0.717, 1.165) is 48.3 Å². The van der Waals surface area contributed by atoms with Gasteiger partial charge >= 0.3 is 0 Å². The van der Waals surface area contributed by atoms with Crippen LogP contribution in [0.5, 0.6) is 0 Å². The molecule has 0 amide bonds. The summed E-state index contributed by atoms with van der Waals surface area (Å²) >= 11 is 0. The predicted molar refractivity (Wildman–Crippen MR) is 55.9 cm³/mol. The molecule has 0 aromatic carbocycles. The van der Waals surface area contributed by atoms with Gasteiger partial charge in [-0.05, 0) is 37.8 Å². The lowest BCUT2D eigenvalue weighted by molar-refractivity contribution is 0.162. The van der Waals surface area contributed by atoms with Crippen LogP contribution in [0.15, 0.2) is 6.07 Å². The third-order valence-corrected chi connectivity index (χ3v) is 2.79. The van der Waals surface area contributed by atoms with E-state index in [9.17, 15) is 5.11 Å². The fourth-order valence-corrected chi connectivity index (χ4v) is 2.07. The topological polar surface area (TPSA) is 59.1 Å². The zero-order valence-corrected chi connectivity index (χ0v) is 8.45. The predicted octanol–water partition coefficient (Wildman–Crippen LogP) is 1.73. The Morgan fingerprint density at radius 1 is 1.50 bits per heavy atom. The number of nitrogens with two attached hydrogens (primary N) is 1. The first-order chi connectivity index (χ1) is 6.68. The molecule has 3 nitrogen and oxygen atoms in total. The van der Waals surface area contributed by atoms with Crippen molar-refractivity contribution in [3.8, 4) is 0 Å². The first-order valence-corrected chi connectivity index (χ1v) is 5.12. The Bertz CT molecular complexity index is 349. The maximum Gasteiger partial charge on any atom is 0.0963 e. The lowest BCUT2D eigenvalue weighted by Gasteiger charge is -2.13. The normalized spacial score (nSPS) is 21.4. The number of fused-ring (bicyclic) bond motifs is 1. The summed E-state index contributed by atoms with van der Waals surface area (Å²) in [4.78, 5) is 4.39. The number of hydrogen-bond donors (Lipinski definition) is 2. The molecular weight excluding hydrogens is 176 g/mol. The molecule has 1 aliphatic carbocycles. The second-order valence-electron chi connectivity index (χ2n) is 3.98. The SMILES string of the molecule is Cc1cc(N)c2c(n1)C(O)CCCC2. The van der Waals surface area contributed by atoms with Crippen molar-refractivity contribution in [2.45, 2.75) is 38.7 Å². The minimum Gasteiger partial charge on any atom is -0.398 e. The third kappa shape index (κ3) is 1.60. The molecule has 0 radical (unpaired) electrons. The van der Waals surface area contributed by atoms with Crippen molar-refractivity contribution < 1.29 is 5.11 Å². The quantitative estimate of drug-likeness (QED) is 0.615. The van der Waals surface area contributed by atoms with Crippen LogP contribution in [0.3, 0.4) is 0 Å². The Morgan fingerprint density at radius 3 is 3.07 bits per heavy atom. The lowest BCUT2D eigenvalue weighted by atomic mass is 10.0. The van der Waals surface area contributed by atoms with Gasteiger partial charge in [-0.3, -0.25) is 4.98 Å². The van der Waals surface area contributed by atoms with E-state index in [1.165, 1.54) is 0 Å². The molecule has 1 aromatic rings. The minimum atomic E-state index is -0.422. The Hall–Kier alpha value is -1.09. The fourth-order valence-electron chi connectivity index (χ4n) is 2.07. The molecule has 1 aromatic heterocycles. The monoisotopic (exact) mass is 192 g/mol. The largest absolute Gasteiger partial charge is 0.398 e. The Labute approximate surface area is 84.0 Å². The second-order valence-corrected chi connectivity index (χ2v) is 3.98. The number of aromatic nitrogens is 1. The van der Waals surface area contributed by atoms with Gasteiger partial charge in [-0.15, -0.1) is 0 Å². The van der Waals surface area contributed by atoms with E-state index in [4.69, 9.17) is 5.73 Å². The van der Waals surface area contributed by atoms with Gasteiger partial charge in [0.1, 0.15) is 0 Å². The Balaban J connectivity index is 2.53. The highest BCUT2D eigenvalue weighted by atomic mass is 16.3. The highest BCUT2D eigenvalue weighted by molar-refractivity contribution is 5.50. The summed E-state index contributed by atoms with van der Waals surface area (Å²) in [5.74, 6) is 0. The molecule has 1 aliphatic rings. The molecule has 14 heavy (non-hydrogen) atoms. The standard InChI is InChI=1S/C11H16N2O/c1-7-6-9(12)8-4-2-3-5-10(14)11(8)13-7/h6,10,14H,2-5H2,1H3,(H2,12,13). The summed E-state index contributed by atoms with van der Waals surface area (Å²) < 4.78 is 0. The maximum atomic E-state index is 9.87. The average molecular weight is 192 g/mol. The van der Waals surface area contributed by atoms with Crippen molar-refractivity contribution in [3.05, 3.63) is 23.0 Å². The van der Waals surface area contributed by atoms with Crippen molar-refractivity contribution in [1.82, 2.24) is 4.98 Å². The first kappa shape index (κ1) is 9.46. The summed E-state index contributed by atoms with van der Waals surface area (Å²) in [6, 6.07) is 1.89. The van der Waals surface area contributed by atoms with Gasteiger partial charge in [0.15, 0.2) is 0 Å². The van der Waals surface area contributed by atoms with Crippen LogP contribution in [0.1, 0.15) is 42.3 Å². The summed E-state index contributed by atoms with van der Waals surface area (Å²) in [6.45, 7) is 1.91. The molecule has 3 N–H and O–H groups in total. The van der Waals surface area contributed by atoms with Crippen molar-refractivity contribution in [2.75, 3.05) is 5.73 Å². The van der Waals surface area contributed by atoms with Gasteiger partial charge in [0, 0.05) is 11.4 Å². The van der Waals surface area contributed by atoms with Crippen molar-refractivity contribution in [3.63, 3.8) is 0 Å². The molecule has 1 unspecified atom stereocenters. The zero-order valence-electron chi connectivity index (χ0n) is 8.45. The number of pyridine rings is 1. The van der Waals surface area contributed by atoms with Crippen LogP contribution in [0.25, 0.3) is 0 Å². The van der Waals surface area contributed by atoms with Crippen molar-refractivity contribution in [1.29, 1.82) is 0 Å². The molecule has 0 bridgehead atoms. The number of aliphatic hydroxyl groups is 1. The molecule has 3 heteroatoms. The molecule has 0 aliphatic heterocycles. The van der Waals surface area contributed by atoms with Gasteiger partial charge < -0.3 is 10.8 Å². The van der Waals surface area contributed by atoms with Gasteiger partial charge in [0.05, 0.1) is 11.8 Å². The number of aliphatic hydroxyl groups excluding tert-OH is 1. The van der Waals surface area contributed by atoms with Gasteiger partial charge in [-0.2, -0.15) is 0 Å². The van der Waals surface area contributed by atoms with E-state index in [0.29, 0.717) is 0 Å². The van der Waals surface area contributed by atoms with E-state index < -0.39 is 6.10 Å². The average Bonchev–Trinajstić information content (AvgIpc) is 2.29. The molecule has 2 rings (SSSR count). The summed E-state index contributed by atoms with van der Waals surface area (Å²) in [6.07, 6.45) is 3.48. The fraction of sp³-hybridized carbons (Fsp3) is 0.545. The minimum absolute atomic E-state index is 0.422. The number of hydrogen-bond acceptors (Lipinski definition) is 3. The van der Waals surface area contributed by atoms with Crippen LogP contribution >= 0.6 is 0 Å². The number of nitrogen functional groups attached to an aromatic ring is 1. The third-order valence-electron chi connectivity index (χ3n) is 2.79. The van der Waals surface area contributed by atoms with Gasteiger partial charge in [-0.25, -0.2) is 0 Å². The van der Waals surface area contributed by atoms with Crippen LogP contribution in [0.4, 0.5) is 5.69 Å². The molecule has 76 valence electrons. The lowest BCUT2D eigenvalue weighted by Crippen LogP contribution is -2.06. The Morgan fingerprint density at radius 2 is 2.29 bits per heavy atom. The molecule has 1 atom stereocenters. The van der Waals surface area contributed by atoms with Crippen molar-refractivity contribution >= 4 is 5.69 Å². The summed E-state index contributed by atoms with van der Waals surface area (Å²) in [5, 5.41) is 9.87. The van der Waals surface area contributed by atoms with E-state index in [2.05, 4.69) is 4.98 Å². The van der Waals surface area contributed by atoms with E-state index >= 15 is 0 Å². The molecule has 0 fully saturated rings. The van der Waals surface area contributed by atoms with Crippen LogP contribution in [0, 0.1) is 6.92 Å². The van der Waals surface area contributed by atoms with E-state index in [1.54, 1.807) is 0 Å². The number of nitrogens with zero attached hydrogens (tertiary/aromatic N) is 1. The first-order valence-electron chi connectivity index (χ1n) is 5.12. The van der Waals surface area contributed by atoms with Crippen LogP contribution in [-0.4, -0.2) is 10.1 Å². The van der Waals surface area contributed by atoms with Crippen LogP contribution in [-0.2, 0) is 6.42 Å². The molecule has 1 heterocycles. The maximum absolute atomic E-state index is 9.87. The molecular formula is C11H16N2O. The molecule has 0 saturated heterocycles. The number of rotatable bonds is 0. The summed E-state index contributed by atoms with van der Waals surface area (Å²) in [7, 11) is 0. The van der Waals surface area contributed by atoms with Crippen LogP contribution in [0.2, 0.25) is 0 Å². The van der Waals surface area contributed by atoms with Crippen molar-refractivity contribution in [2.24, 2.45) is 0 Å². The second kappa shape index (κ2) is 3.58. The highest BCUT2D eigenvalue weighted by Gasteiger charge is 2.19.